The molecule has 0 bridgehead atoms. The minimum atomic E-state index is -0.293. The number of nitrogens with zero attached hydrogens (tertiary/aromatic N) is 2. The van der Waals surface area contributed by atoms with E-state index in [0.29, 0.717) is 24.6 Å². The van der Waals surface area contributed by atoms with Gasteiger partial charge in [-0.2, -0.15) is 0 Å². The first kappa shape index (κ1) is 24.1. The third-order valence-electron chi connectivity index (χ3n) is 7.13. The van der Waals surface area contributed by atoms with Crippen molar-refractivity contribution in [3.63, 3.8) is 0 Å². The molecule has 2 aliphatic rings. The fraction of sp³-hybridized carbons (Fsp3) is 0.379. The highest BCUT2D eigenvalue weighted by Gasteiger charge is 2.26. The monoisotopic (exact) mass is 487 g/mol. The fourth-order valence-corrected chi connectivity index (χ4v) is 5.17. The van der Waals surface area contributed by atoms with E-state index < -0.39 is 0 Å². The second kappa shape index (κ2) is 10.6. The smallest absolute Gasteiger partial charge is 0.257 e. The van der Waals surface area contributed by atoms with E-state index in [-0.39, 0.29) is 29.0 Å². The van der Waals surface area contributed by atoms with Crippen LogP contribution < -0.4 is 20.2 Å². The molecule has 2 aromatic carbocycles. The van der Waals surface area contributed by atoms with E-state index in [0.717, 1.165) is 43.9 Å². The number of rotatable bonds is 6. The zero-order chi connectivity index (χ0) is 25.1. The third kappa shape index (κ3) is 5.31. The molecule has 7 nitrogen and oxygen atoms in total. The van der Waals surface area contributed by atoms with Crippen molar-refractivity contribution in [2.45, 2.75) is 51.9 Å². The highest BCUT2D eigenvalue weighted by Crippen LogP contribution is 2.31. The Kier molecular flexibility index (Phi) is 7.09. The van der Waals surface area contributed by atoms with Crippen LogP contribution in [0, 0.1) is 13.8 Å². The van der Waals surface area contributed by atoms with E-state index >= 15 is 0 Å². The highest BCUT2D eigenvalue weighted by atomic mass is 16.6. The minimum Gasteiger partial charge on any atom is -0.486 e. The lowest BCUT2D eigenvalue weighted by molar-refractivity contribution is 0.0772. The van der Waals surface area contributed by atoms with Crippen LogP contribution in [-0.2, 0) is 13.1 Å². The number of para-hydroxylation sites is 2. The second-order valence-corrected chi connectivity index (χ2v) is 9.73. The summed E-state index contributed by atoms with van der Waals surface area (Å²) in [6.45, 7) is 7.37. The number of hydrogen-bond acceptors (Lipinski definition) is 5. The van der Waals surface area contributed by atoms with E-state index in [9.17, 15) is 9.59 Å². The van der Waals surface area contributed by atoms with Crippen LogP contribution >= 0.6 is 0 Å². The van der Waals surface area contributed by atoms with Crippen LogP contribution in [0.25, 0.3) is 0 Å². The Balaban J connectivity index is 1.24. The minimum absolute atomic E-state index is 0.0599. The SMILES string of the molecule is Cc1cc(=O)c(C(=O)NC2CCN(Cc3ccccc3)CC2)c(C)n1C[C@H]1COc2ccccc2O1. The molecule has 1 saturated heterocycles. The van der Waals surface area contributed by atoms with Gasteiger partial charge in [-0.25, -0.2) is 0 Å². The maximum Gasteiger partial charge on any atom is 0.257 e. The zero-order valence-electron chi connectivity index (χ0n) is 20.9. The van der Waals surface area contributed by atoms with E-state index in [1.165, 1.54) is 5.56 Å². The molecule has 188 valence electrons. The number of ether oxygens (including phenoxy) is 2. The van der Waals surface area contributed by atoms with E-state index in [2.05, 4.69) is 34.5 Å². The van der Waals surface area contributed by atoms with Crippen molar-refractivity contribution in [3.8, 4) is 11.5 Å². The summed E-state index contributed by atoms with van der Waals surface area (Å²) in [6, 6.07) is 19.6. The van der Waals surface area contributed by atoms with Crippen molar-refractivity contribution >= 4 is 5.91 Å². The number of benzene rings is 2. The number of likely N-dealkylation sites (tertiary alicyclic amines) is 1. The predicted octanol–water partition coefficient (Wildman–Crippen LogP) is 3.70. The summed E-state index contributed by atoms with van der Waals surface area (Å²) in [7, 11) is 0. The van der Waals surface area contributed by atoms with Crippen molar-refractivity contribution in [1.29, 1.82) is 0 Å². The number of piperidine rings is 1. The molecule has 7 heteroatoms. The lowest BCUT2D eigenvalue weighted by atomic mass is 10.0. The number of hydrogen-bond donors (Lipinski definition) is 1. The van der Waals surface area contributed by atoms with Gasteiger partial charge < -0.3 is 19.4 Å². The van der Waals surface area contributed by atoms with Crippen molar-refractivity contribution in [3.05, 3.63) is 93.4 Å². The Morgan fingerprint density at radius 1 is 1.00 bits per heavy atom. The van der Waals surface area contributed by atoms with Crippen LogP contribution in [0.15, 0.2) is 65.5 Å². The molecule has 1 amide bonds. The van der Waals surface area contributed by atoms with Gasteiger partial charge in [0.05, 0.1) is 6.54 Å². The van der Waals surface area contributed by atoms with Gasteiger partial charge in [0.2, 0.25) is 0 Å². The molecule has 1 aromatic heterocycles. The van der Waals surface area contributed by atoms with Crippen molar-refractivity contribution < 1.29 is 14.3 Å². The molecule has 0 aliphatic carbocycles. The van der Waals surface area contributed by atoms with E-state index in [4.69, 9.17) is 9.47 Å². The standard InChI is InChI=1S/C29H33N3O4/c1-20-16-25(33)28(21(2)32(20)18-24-19-35-26-10-6-7-11-27(26)36-24)29(34)30-23-12-14-31(15-13-23)17-22-8-4-3-5-9-22/h3-11,16,23-24H,12-15,17-19H2,1-2H3,(H,30,34)/t24-/m0/s1. The summed E-state index contributed by atoms with van der Waals surface area (Å²) >= 11 is 0. The molecular formula is C29H33N3O4. The predicted molar refractivity (Wildman–Crippen MR) is 139 cm³/mol. The molecule has 0 saturated carbocycles. The molecule has 0 radical (unpaired) electrons. The molecule has 0 unspecified atom stereocenters. The van der Waals surface area contributed by atoms with Gasteiger partial charge in [-0.15, -0.1) is 0 Å². The molecule has 5 rings (SSSR count). The molecular weight excluding hydrogens is 454 g/mol. The van der Waals surface area contributed by atoms with Gasteiger partial charge in [0.15, 0.2) is 23.0 Å². The molecule has 3 aromatic rings. The maximum atomic E-state index is 13.3. The number of aromatic nitrogens is 1. The van der Waals surface area contributed by atoms with Crippen LogP contribution in [-0.4, -0.2) is 47.2 Å². The Morgan fingerprint density at radius 2 is 1.69 bits per heavy atom. The van der Waals surface area contributed by atoms with Crippen LogP contribution in [0.3, 0.4) is 0 Å². The first-order valence-corrected chi connectivity index (χ1v) is 12.6. The summed E-state index contributed by atoms with van der Waals surface area (Å²) in [6.07, 6.45) is 1.51. The van der Waals surface area contributed by atoms with Crippen LogP contribution in [0.5, 0.6) is 11.5 Å². The summed E-state index contributed by atoms with van der Waals surface area (Å²) in [4.78, 5) is 28.5. The van der Waals surface area contributed by atoms with Crippen molar-refractivity contribution in [1.82, 2.24) is 14.8 Å². The lowest BCUT2D eigenvalue weighted by Gasteiger charge is -2.32. The number of amides is 1. The van der Waals surface area contributed by atoms with Gasteiger partial charge in [0.1, 0.15) is 12.2 Å². The average molecular weight is 488 g/mol. The Labute approximate surface area is 211 Å². The van der Waals surface area contributed by atoms with E-state index in [1.807, 2.05) is 48.7 Å². The van der Waals surface area contributed by atoms with Gasteiger partial charge in [0, 0.05) is 43.1 Å². The lowest BCUT2D eigenvalue weighted by Crippen LogP contribution is -2.45. The first-order valence-electron chi connectivity index (χ1n) is 12.6. The fourth-order valence-electron chi connectivity index (χ4n) is 5.17. The molecule has 36 heavy (non-hydrogen) atoms. The number of carbonyl (C=O) groups excluding carboxylic acids is 1. The van der Waals surface area contributed by atoms with Crippen molar-refractivity contribution in [2.24, 2.45) is 0 Å². The maximum absolute atomic E-state index is 13.3. The van der Waals surface area contributed by atoms with Gasteiger partial charge in [-0.05, 0) is 44.4 Å². The molecule has 1 fully saturated rings. The second-order valence-electron chi connectivity index (χ2n) is 9.73. The molecule has 1 N–H and O–H groups in total. The summed E-state index contributed by atoms with van der Waals surface area (Å²) in [5.74, 6) is 1.15. The molecule has 2 aliphatic heterocycles. The van der Waals surface area contributed by atoms with Gasteiger partial charge >= 0.3 is 0 Å². The number of fused-ring (bicyclic) bond motifs is 1. The summed E-state index contributed by atoms with van der Waals surface area (Å²) < 4.78 is 14.0. The largest absolute Gasteiger partial charge is 0.486 e. The van der Waals surface area contributed by atoms with Gasteiger partial charge in [-0.3, -0.25) is 14.5 Å². The topological polar surface area (TPSA) is 72.8 Å². The van der Waals surface area contributed by atoms with Crippen molar-refractivity contribution in [2.75, 3.05) is 19.7 Å². The number of aryl methyl sites for hydroxylation is 1. The number of nitrogens with one attached hydrogen (secondary N) is 1. The Morgan fingerprint density at radius 3 is 2.44 bits per heavy atom. The van der Waals surface area contributed by atoms with Crippen LogP contribution in [0.4, 0.5) is 0 Å². The molecule has 0 spiro atoms. The Hall–Kier alpha value is -3.58. The normalized spacial score (nSPS) is 18.1. The average Bonchev–Trinajstić information content (AvgIpc) is 2.88. The zero-order valence-corrected chi connectivity index (χ0v) is 20.9. The summed E-state index contributed by atoms with van der Waals surface area (Å²) in [5, 5.41) is 3.13. The first-order chi connectivity index (χ1) is 17.5. The third-order valence-corrected chi connectivity index (χ3v) is 7.13. The van der Waals surface area contributed by atoms with Crippen LogP contribution in [0.2, 0.25) is 0 Å². The quantitative estimate of drug-likeness (QED) is 0.574. The summed E-state index contributed by atoms with van der Waals surface area (Å²) in [5.41, 5.74) is 2.72. The van der Waals surface area contributed by atoms with Gasteiger partial charge in [-0.1, -0.05) is 42.5 Å². The number of pyridine rings is 1. The van der Waals surface area contributed by atoms with E-state index in [1.54, 1.807) is 6.07 Å². The van der Waals surface area contributed by atoms with Gasteiger partial charge in [0.25, 0.3) is 5.91 Å². The molecule has 3 heterocycles. The number of carbonyl (C=O) groups is 1. The Bertz CT molecular complexity index is 1280. The highest BCUT2D eigenvalue weighted by molar-refractivity contribution is 5.95. The molecule has 1 atom stereocenters. The van der Waals surface area contributed by atoms with Crippen LogP contribution in [0.1, 0.15) is 40.2 Å².